The second kappa shape index (κ2) is 17.5. The van der Waals surface area contributed by atoms with Gasteiger partial charge in [0, 0.05) is 44.9 Å². The number of Topliss-reactive ketones (excluding diaryl/α,β-unsaturated/α-hetero) is 2. The number of hydrogen-bond acceptors (Lipinski definition) is 10. The van der Waals surface area contributed by atoms with Gasteiger partial charge in [-0.15, -0.1) is 0 Å². The van der Waals surface area contributed by atoms with Crippen molar-refractivity contribution in [1.82, 2.24) is 4.90 Å². The lowest BCUT2D eigenvalue weighted by molar-refractivity contribution is -0.302. The number of carbonyl (C=O) groups is 4. The van der Waals surface area contributed by atoms with Gasteiger partial charge in [-0.05, 0) is 77.2 Å². The predicted octanol–water partition coefficient (Wildman–Crippen LogP) is 4.32. The molecule has 11 atom stereocenters. The van der Waals surface area contributed by atoms with Gasteiger partial charge in [0.05, 0.1) is 18.3 Å². The second-order valence-electron chi connectivity index (χ2n) is 14.4. The monoisotopic (exact) mass is 677 g/mol. The van der Waals surface area contributed by atoms with E-state index in [1.54, 1.807) is 33.8 Å². The molecule has 1 amide bonds. The average Bonchev–Trinajstić information content (AvgIpc) is 3.07. The maximum atomic E-state index is 14.0. The van der Waals surface area contributed by atoms with E-state index >= 15 is 0 Å². The number of methoxy groups -OCH3 is 2. The summed E-state index contributed by atoms with van der Waals surface area (Å²) >= 11 is 0. The first-order chi connectivity index (χ1) is 22.6. The van der Waals surface area contributed by atoms with Crippen molar-refractivity contribution in [3.8, 4) is 0 Å². The van der Waals surface area contributed by atoms with E-state index in [1.807, 2.05) is 19.9 Å². The van der Waals surface area contributed by atoms with Gasteiger partial charge in [-0.25, -0.2) is 4.79 Å². The molecule has 2 bridgehead atoms. The molecule has 3 aliphatic rings. The zero-order valence-electron chi connectivity index (χ0n) is 30.4. The smallest absolute Gasteiger partial charge is 0.329 e. The number of cyclic esters (lactones) is 1. The molecule has 2 N–H and O–H groups in total. The quantitative estimate of drug-likeness (QED) is 0.250. The van der Waals surface area contributed by atoms with Gasteiger partial charge in [-0.2, -0.15) is 0 Å². The van der Waals surface area contributed by atoms with Crippen molar-refractivity contribution >= 4 is 23.4 Å². The molecule has 3 heterocycles. The zero-order chi connectivity index (χ0) is 35.9. The third kappa shape index (κ3) is 9.01. The molecule has 0 radical (unpaired) electrons. The number of piperidine rings is 1. The lowest BCUT2D eigenvalue weighted by Crippen LogP contribution is -2.64. The number of allylic oxidation sites excluding steroid dienone is 3. The van der Waals surface area contributed by atoms with Crippen LogP contribution in [0.2, 0.25) is 0 Å². The van der Waals surface area contributed by atoms with Gasteiger partial charge >= 0.3 is 5.97 Å². The zero-order valence-corrected chi connectivity index (χ0v) is 30.4. The Balaban J connectivity index is 2.09. The summed E-state index contributed by atoms with van der Waals surface area (Å²) in [5.74, 6) is -7.18. The minimum Gasteiger partial charge on any atom is -0.456 e. The van der Waals surface area contributed by atoms with Crippen LogP contribution in [-0.4, -0.2) is 102 Å². The molecular formula is C37H59NO10. The molecule has 0 aromatic carbocycles. The lowest BCUT2D eigenvalue weighted by atomic mass is 9.82. The number of amides is 1. The number of fused-ring (bicyclic) bond motifs is 3. The van der Waals surface area contributed by atoms with Crippen LogP contribution < -0.4 is 0 Å². The summed E-state index contributed by atoms with van der Waals surface area (Å²) < 4.78 is 23.8. The Hall–Kier alpha value is -2.44. The van der Waals surface area contributed by atoms with Crippen molar-refractivity contribution in [3.63, 3.8) is 0 Å². The Morgan fingerprint density at radius 3 is 2.31 bits per heavy atom. The highest BCUT2D eigenvalue weighted by Crippen LogP contribution is 2.39. The van der Waals surface area contributed by atoms with Crippen LogP contribution in [0.15, 0.2) is 23.3 Å². The fourth-order valence-corrected chi connectivity index (χ4v) is 7.54. The molecule has 0 spiro atoms. The Bertz CT molecular complexity index is 1210. The Morgan fingerprint density at radius 2 is 1.71 bits per heavy atom. The van der Waals surface area contributed by atoms with Crippen LogP contribution in [-0.2, 0) is 38.1 Å². The van der Waals surface area contributed by atoms with E-state index in [0.717, 1.165) is 5.57 Å². The first-order valence-corrected chi connectivity index (χ1v) is 17.7. The standard InChI is InChI=1S/C37H59NO10/c1-10-23(5)32-25(7)28(39)20-29(40)26(11-2)17-21(3)16-22(4)18-30(45-8)33-31(46-9)19-24(6)37(44,48-33)34(41)35(42)38-15-13-12-14-27(38)36(43)47-32/h10,17,22,24-28,30-33,39,44H,11-16,18-20H2,1-9H3/b21-17+,23-10+/t22-,24-,25-,26-,27+,28+,30+,31+,32-,33-,37-/m1/s1. The molecule has 0 unspecified atom stereocenters. The number of nitrogens with zero attached hydrogens (tertiary/aromatic N) is 1. The molecule has 11 nitrogen and oxygen atoms in total. The molecule has 11 heteroatoms. The molecule has 0 saturated carbocycles. The number of ether oxygens (including phenoxy) is 4. The van der Waals surface area contributed by atoms with Crippen molar-refractivity contribution in [2.24, 2.45) is 23.7 Å². The van der Waals surface area contributed by atoms with E-state index in [0.29, 0.717) is 37.7 Å². The predicted molar refractivity (Wildman–Crippen MR) is 180 cm³/mol. The first-order valence-electron chi connectivity index (χ1n) is 17.7. The van der Waals surface area contributed by atoms with E-state index in [2.05, 4.69) is 6.92 Å². The van der Waals surface area contributed by atoms with Gasteiger partial charge in [0.2, 0.25) is 5.79 Å². The molecular weight excluding hydrogens is 618 g/mol. The fraction of sp³-hybridized carbons (Fsp3) is 0.784. The highest BCUT2D eigenvalue weighted by Gasteiger charge is 2.56. The molecule has 0 aromatic rings. The topological polar surface area (TPSA) is 149 Å². The normalized spacial score (nSPS) is 39.9. The summed E-state index contributed by atoms with van der Waals surface area (Å²) in [6.45, 7) is 13.1. The lowest BCUT2D eigenvalue weighted by Gasteiger charge is -2.47. The van der Waals surface area contributed by atoms with Crippen molar-refractivity contribution in [2.75, 3.05) is 20.8 Å². The van der Waals surface area contributed by atoms with E-state index in [4.69, 9.17) is 18.9 Å². The van der Waals surface area contributed by atoms with E-state index in [9.17, 15) is 29.4 Å². The minimum absolute atomic E-state index is 0.0613. The molecule has 2 fully saturated rings. The van der Waals surface area contributed by atoms with Crippen molar-refractivity contribution in [1.29, 1.82) is 0 Å². The molecule has 3 aliphatic heterocycles. The number of rotatable bonds is 4. The number of esters is 1. The van der Waals surface area contributed by atoms with Crippen molar-refractivity contribution in [3.05, 3.63) is 23.3 Å². The van der Waals surface area contributed by atoms with Crippen LogP contribution in [0.4, 0.5) is 0 Å². The summed E-state index contributed by atoms with van der Waals surface area (Å²) in [6.07, 6.45) is 3.15. The maximum absolute atomic E-state index is 14.0. The molecule has 2 saturated heterocycles. The third-order valence-corrected chi connectivity index (χ3v) is 10.7. The number of aliphatic hydroxyl groups excluding tert-OH is 1. The highest BCUT2D eigenvalue weighted by atomic mass is 16.7. The van der Waals surface area contributed by atoms with Crippen LogP contribution in [0.25, 0.3) is 0 Å². The summed E-state index contributed by atoms with van der Waals surface area (Å²) in [6, 6.07) is -1.07. The van der Waals surface area contributed by atoms with Gasteiger partial charge in [0.1, 0.15) is 24.0 Å². The maximum Gasteiger partial charge on any atom is 0.329 e. The van der Waals surface area contributed by atoms with Gasteiger partial charge in [0.15, 0.2) is 0 Å². The van der Waals surface area contributed by atoms with Gasteiger partial charge in [0.25, 0.3) is 11.7 Å². The summed E-state index contributed by atoms with van der Waals surface area (Å²) in [7, 11) is 3.07. The highest BCUT2D eigenvalue weighted by molar-refractivity contribution is 6.39. The van der Waals surface area contributed by atoms with E-state index in [-0.39, 0.29) is 43.4 Å². The Labute approximate surface area is 286 Å². The SMILES string of the molecule is C/C=C(\C)[C@H]1OC(=O)[C@@H]2CCCCN2C(=O)C(=O)[C@]2(O)O[C@H]([C@@H](OC)C[C@H](C)C/C(C)=C/[C@@H](CC)C(=O)C[C@H](O)[C@H]1C)[C@@H](OC)C[C@H]2C. The summed E-state index contributed by atoms with van der Waals surface area (Å²) in [4.78, 5) is 56.4. The van der Waals surface area contributed by atoms with Gasteiger partial charge in [-0.1, -0.05) is 45.4 Å². The summed E-state index contributed by atoms with van der Waals surface area (Å²) in [5.41, 5.74) is 1.70. The summed E-state index contributed by atoms with van der Waals surface area (Å²) in [5, 5.41) is 23.1. The fourth-order valence-electron chi connectivity index (χ4n) is 7.54. The first kappa shape index (κ1) is 40.0. The van der Waals surface area contributed by atoms with Crippen LogP contribution in [0.1, 0.15) is 99.8 Å². The van der Waals surface area contributed by atoms with Crippen LogP contribution in [0.5, 0.6) is 0 Å². The van der Waals surface area contributed by atoms with Crippen molar-refractivity contribution < 1.29 is 48.3 Å². The van der Waals surface area contributed by atoms with E-state index in [1.165, 1.54) is 19.1 Å². The molecule has 0 aliphatic carbocycles. The number of aliphatic hydroxyl groups is 2. The van der Waals surface area contributed by atoms with Crippen molar-refractivity contribution in [2.45, 2.75) is 142 Å². The van der Waals surface area contributed by atoms with Crippen LogP contribution in [0, 0.1) is 23.7 Å². The Morgan fingerprint density at radius 1 is 1.06 bits per heavy atom. The average molecular weight is 678 g/mol. The number of carbonyl (C=O) groups excluding carboxylic acids is 4. The third-order valence-electron chi connectivity index (χ3n) is 10.7. The second-order valence-corrected chi connectivity index (χ2v) is 14.4. The molecule has 48 heavy (non-hydrogen) atoms. The number of ketones is 2. The van der Waals surface area contributed by atoms with E-state index < -0.39 is 71.8 Å². The minimum atomic E-state index is -2.46. The molecule has 0 aromatic heterocycles. The molecule has 272 valence electrons. The van der Waals surface area contributed by atoms with Gasteiger partial charge in [-0.3, -0.25) is 14.4 Å². The van der Waals surface area contributed by atoms with Gasteiger partial charge < -0.3 is 34.1 Å². The van der Waals surface area contributed by atoms with Crippen LogP contribution >= 0.6 is 0 Å². The van der Waals surface area contributed by atoms with Crippen LogP contribution in [0.3, 0.4) is 0 Å². The Kier molecular flexibility index (Phi) is 14.6. The largest absolute Gasteiger partial charge is 0.456 e. The number of hydrogen-bond donors (Lipinski definition) is 2. The molecule has 3 rings (SSSR count).